The summed E-state index contributed by atoms with van der Waals surface area (Å²) < 4.78 is 0. The number of terminal acetylenes is 3. The van der Waals surface area contributed by atoms with E-state index in [1.54, 1.807) is 12.1 Å². The number of nitrogens with zero attached hydrogens (tertiary/aromatic N) is 2. The van der Waals surface area contributed by atoms with Gasteiger partial charge in [0.2, 0.25) is 0 Å². The predicted molar refractivity (Wildman–Crippen MR) is 80.9 cm³/mol. The second-order valence-corrected chi connectivity index (χ2v) is 3.85. The Balaban J connectivity index is 2.50. The van der Waals surface area contributed by atoms with E-state index in [-0.39, 0.29) is 0 Å². The zero-order valence-electron chi connectivity index (χ0n) is 10.7. The van der Waals surface area contributed by atoms with Gasteiger partial charge in [0, 0.05) is 5.56 Å². The van der Waals surface area contributed by atoms with Gasteiger partial charge in [0.25, 0.3) is 0 Å². The van der Waals surface area contributed by atoms with Crippen LogP contribution in [0.15, 0.2) is 52.7 Å². The smallest absolute Gasteiger partial charge is 0.103 e. The van der Waals surface area contributed by atoms with Crippen LogP contribution in [0.2, 0.25) is 0 Å². The summed E-state index contributed by atoms with van der Waals surface area (Å²) in [6.45, 7) is 0. The van der Waals surface area contributed by atoms with E-state index in [0.29, 0.717) is 22.4 Å². The minimum absolute atomic E-state index is 0.489. The Morgan fingerprint density at radius 3 is 2.00 bits per heavy atom. The van der Waals surface area contributed by atoms with Gasteiger partial charge in [0.05, 0.1) is 16.8 Å². The molecular weight excluding hydrogens is 244 g/mol. The van der Waals surface area contributed by atoms with Crippen molar-refractivity contribution in [2.45, 2.75) is 0 Å². The molecule has 0 aliphatic carbocycles. The molecule has 0 saturated heterocycles. The fraction of sp³-hybridized carbons (Fsp3) is 0. The SMILES string of the molecule is C#Cc1ccc(N=Nc2ccccc2)c(C#C)c1C#C. The summed E-state index contributed by atoms with van der Waals surface area (Å²) in [5.41, 5.74) is 2.84. The summed E-state index contributed by atoms with van der Waals surface area (Å²) in [7, 11) is 0. The average molecular weight is 254 g/mol. The van der Waals surface area contributed by atoms with E-state index in [9.17, 15) is 0 Å². The number of hydrogen-bond donors (Lipinski definition) is 0. The first-order valence-corrected chi connectivity index (χ1v) is 5.83. The number of azo groups is 1. The number of hydrogen-bond acceptors (Lipinski definition) is 2. The molecule has 0 fully saturated rings. The Kier molecular flexibility index (Phi) is 3.98. The van der Waals surface area contributed by atoms with Crippen molar-refractivity contribution < 1.29 is 0 Å². The van der Waals surface area contributed by atoms with Crippen LogP contribution in [0, 0.1) is 37.0 Å². The molecule has 20 heavy (non-hydrogen) atoms. The summed E-state index contributed by atoms with van der Waals surface area (Å²) in [4.78, 5) is 0. The van der Waals surface area contributed by atoms with E-state index in [0.717, 1.165) is 5.69 Å². The quantitative estimate of drug-likeness (QED) is 0.570. The molecule has 2 aromatic rings. The zero-order valence-corrected chi connectivity index (χ0v) is 10.7. The second-order valence-electron chi connectivity index (χ2n) is 3.85. The normalized spacial score (nSPS) is 9.65. The topological polar surface area (TPSA) is 24.7 Å². The average Bonchev–Trinajstić information content (AvgIpc) is 2.52. The van der Waals surface area contributed by atoms with Crippen molar-refractivity contribution in [1.82, 2.24) is 0 Å². The third-order valence-electron chi connectivity index (χ3n) is 2.66. The van der Waals surface area contributed by atoms with Crippen LogP contribution < -0.4 is 0 Å². The molecule has 2 nitrogen and oxygen atoms in total. The van der Waals surface area contributed by atoms with E-state index >= 15 is 0 Å². The highest BCUT2D eigenvalue weighted by molar-refractivity contribution is 5.68. The van der Waals surface area contributed by atoms with Gasteiger partial charge in [-0.25, -0.2) is 0 Å². The summed E-state index contributed by atoms with van der Waals surface area (Å²) in [5.74, 6) is 7.56. The van der Waals surface area contributed by atoms with Crippen LogP contribution in [-0.4, -0.2) is 0 Å². The van der Waals surface area contributed by atoms with Crippen LogP contribution in [0.5, 0.6) is 0 Å². The Morgan fingerprint density at radius 1 is 0.700 bits per heavy atom. The molecule has 0 saturated carbocycles. The summed E-state index contributed by atoms with van der Waals surface area (Å²) in [5, 5.41) is 8.27. The van der Waals surface area contributed by atoms with Gasteiger partial charge in [-0.05, 0) is 24.3 Å². The first-order chi connectivity index (χ1) is 9.80. The first kappa shape index (κ1) is 13.2. The molecule has 2 heteroatoms. The first-order valence-electron chi connectivity index (χ1n) is 5.83. The van der Waals surface area contributed by atoms with E-state index in [1.807, 2.05) is 30.3 Å². The van der Waals surface area contributed by atoms with Gasteiger partial charge in [0.15, 0.2) is 0 Å². The van der Waals surface area contributed by atoms with Gasteiger partial charge in [-0.15, -0.1) is 24.4 Å². The highest BCUT2D eigenvalue weighted by atomic mass is 15.1. The molecule has 0 spiro atoms. The summed E-state index contributed by atoms with van der Waals surface area (Å²) >= 11 is 0. The molecule has 2 rings (SSSR count). The lowest BCUT2D eigenvalue weighted by Gasteiger charge is -2.04. The Hall–Kier alpha value is -3.28. The number of rotatable bonds is 2. The lowest BCUT2D eigenvalue weighted by atomic mass is 10.0. The largest absolute Gasteiger partial charge is 0.151 e. The Morgan fingerprint density at radius 2 is 1.40 bits per heavy atom. The third-order valence-corrected chi connectivity index (χ3v) is 2.66. The van der Waals surface area contributed by atoms with E-state index < -0.39 is 0 Å². The molecule has 2 aromatic carbocycles. The van der Waals surface area contributed by atoms with Gasteiger partial charge >= 0.3 is 0 Å². The Labute approximate surface area is 118 Å². The molecule has 0 amide bonds. The maximum atomic E-state index is 5.50. The molecule has 92 valence electrons. The molecule has 0 aliphatic heterocycles. The van der Waals surface area contributed by atoms with Crippen molar-refractivity contribution in [2.24, 2.45) is 10.2 Å². The van der Waals surface area contributed by atoms with Crippen LogP contribution in [0.3, 0.4) is 0 Å². The van der Waals surface area contributed by atoms with Crippen molar-refractivity contribution in [3.05, 3.63) is 59.2 Å². The van der Waals surface area contributed by atoms with Gasteiger partial charge in [0.1, 0.15) is 5.69 Å². The van der Waals surface area contributed by atoms with Crippen LogP contribution in [0.4, 0.5) is 11.4 Å². The highest BCUT2D eigenvalue weighted by Crippen LogP contribution is 2.26. The highest BCUT2D eigenvalue weighted by Gasteiger charge is 2.08. The fourth-order valence-electron chi connectivity index (χ4n) is 1.70. The number of benzene rings is 2. The molecule has 0 atom stereocenters. The lowest BCUT2D eigenvalue weighted by molar-refractivity contribution is 1.22. The molecule has 0 aliphatic rings. The van der Waals surface area contributed by atoms with E-state index in [2.05, 4.69) is 28.0 Å². The molecule has 0 aromatic heterocycles. The van der Waals surface area contributed by atoms with Crippen LogP contribution in [0.25, 0.3) is 0 Å². The van der Waals surface area contributed by atoms with Crippen molar-refractivity contribution in [1.29, 1.82) is 0 Å². The second kappa shape index (κ2) is 6.05. The fourth-order valence-corrected chi connectivity index (χ4v) is 1.70. The van der Waals surface area contributed by atoms with Crippen molar-refractivity contribution in [3.63, 3.8) is 0 Å². The summed E-state index contributed by atoms with van der Waals surface area (Å²) in [6, 6.07) is 12.8. The molecule has 0 unspecified atom stereocenters. The van der Waals surface area contributed by atoms with E-state index in [4.69, 9.17) is 19.3 Å². The summed E-state index contributed by atoms with van der Waals surface area (Å²) in [6.07, 6.45) is 16.4. The molecular formula is C18H10N2. The standard InChI is InChI=1S/C18H10N2/c1-4-14-12-13-18(17(6-3)16(14)5-2)20-19-15-10-8-7-9-11-15/h1-3,7-13H. The molecule has 0 bridgehead atoms. The molecule has 0 N–H and O–H groups in total. The third kappa shape index (κ3) is 2.59. The van der Waals surface area contributed by atoms with Gasteiger partial charge in [-0.1, -0.05) is 36.0 Å². The minimum Gasteiger partial charge on any atom is -0.151 e. The molecule has 0 radical (unpaired) electrons. The lowest BCUT2D eigenvalue weighted by Crippen LogP contribution is -1.89. The van der Waals surface area contributed by atoms with Gasteiger partial charge < -0.3 is 0 Å². The van der Waals surface area contributed by atoms with Crippen molar-refractivity contribution in [3.8, 4) is 37.0 Å². The van der Waals surface area contributed by atoms with Crippen LogP contribution in [0.1, 0.15) is 16.7 Å². The van der Waals surface area contributed by atoms with Gasteiger partial charge in [-0.2, -0.15) is 5.11 Å². The minimum atomic E-state index is 0.489. The predicted octanol–water partition coefficient (Wildman–Crippen LogP) is 4.05. The van der Waals surface area contributed by atoms with Crippen LogP contribution >= 0.6 is 0 Å². The van der Waals surface area contributed by atoms with Gasteiger partial charge in [-0.3, -0.25) is 0 Å². The monoisotopic (exact) mass is 254 g/mol. The zero-order chi connectivity index (χ0) is 14.4. The van der Waals surface area contributed by atoms with Crippen molar-refractivity contribution in [2.75, 3.05) is 0 Å². The van der Waals surface area contributed by atoms with Crippen molar-refractivity contribution >= 4 is 11.4 Å². The maximum absolute atomic E-state index is 5.50. The van der Waals surface area contributed by atoms with Crippen LogP contribution in [-0.2, 0) is 0 Å². The molecule has 0 heterocycles. The Bertz CT molecular complexity index is 779. The maximum Gasteiger partial charge on any atom is 0.103 e. The van der Waals surface area contributed by atoms with E-state index in [1.165, 1.54) is 0 Å².